The number of benzene rings is 24. The number of para-hydroxylation sites is 7. The van der Waals surface area contributed by atoms with Crippen molar-refractivity contribution in [2.45, 2.75) is 0 Å². The lowest BCUT2D eigenvalue weighted by Crippen LogP contribution is -2.12. The average Bonchev–Trinajstić information content (AvgIpc) is 1.64. The molecule has 0 unspecified atom stereocenters. The second kappa shape index (κ2) is 33.2. The first kappa shape index (κ1) is 80.9. The van der Waals surface area contributed by atoms with Crippen LogP contribution in [0.3, 0.4) is 0 Å². The summed E-state index contributed by atoms with van der Waals surface area (Å²) in [6, 6.07) is 175. The summed E-state index contributed by atoms with van der Waals surface area (Å²) < 4.78 is 34.3. The third-order valence-electron chi connectivity index (χ3n) is 28.3. The fraction of sp³-hybridized carbons (Fsp3) is 0. The number of thiophene rings is 1. The first-order chi connectivity index (χ1) is 69.9. The summed E-state index contributed by atoms with van der Waals surface area (Å²) in [7, 11) is 0. The minimum Gasteiger partial charge on any atom is -0.456 e. The molecule has 9 heteroatoms. The van der Waals surface area contributed by atoms with Gasteiger partial charge in [-0.1, -0.05) is 346 Å². The van der Waals surface area contributed by atoms with Crippen molar-refractivity contribution in [2.75, 3.05) is 14.7 Å². The molecular formula is C132H81N3O5S. The van der Waals surface area contributed by atoms with Crippen molar-refractivity contribution in [2.24, 2.45) is 0 Å². The molecule has 0 aliphatic carbocycles. The van der Waals surface area contributed by atoms with Crippen molar-refractivity contribution in [3.63, 3.8) is 0 Å². The Morgan fingerprint density at radius 3 is 0.979 bits per heavy atom. The number of anilines is 9. The molecule has 6 heterocycles. The zero-order valence-corrected chi connectivity index (χ0v) is 76.9. The van der Waals surface area contributed by atoms with E-state index in [-0.39, 0.29) is 0 Å². The summed E-state index contributed by atoms with van der Waals surface area (Å²) in [4.78, 5) is 7.26. The number of nitrogens with zero attached hydrogens (tertiary/aromatic N) is 3. The summed E-state index contributed by atoms with van der Waals surface area (Å²) >= 11 is 1.85. The topological polar surface area (TPSA) is 75.4 Å². The molecule has 660 valence electrons. The first-order valence-electron chi connectivity index (χ1n) is 47.8. The molecule has 0 spiro atoms. The Balaban J connectivity index is 0.000000104. The van der Waals surface area contributed by atoms with Gasteiger partial charge < -0.3 is 36.8 Å². The third kappa shape index (κ3) is 13.4. The van der Waals surface area contributed by atoms with Gasteiger partial charge in [0.2, 0.25) is 0 Å². The lowest BCUT2D eigenvalue weighted by molar-refractivity contribution is 0.668. The number of furan rings is 5. The van der Waals surface area contributed by atoms with E-state index in [9.17, 15) is 0 Å². The molecule has 0 atom stereocenters. The maximum atomic E-state index is 6.42. The van der Waals surface area contributed by atoms with Crippen molar-refractivity contribution in [3.05, 3.63) is 491 Å². The minimum atomic E-state index is 0.864. The van der Waals surface area contributed by atoms with Gasteiger partial charge in [0, 0.05) is 129 Å². The predicted octanol–water partition coefficient (Wildman–Crippen LogP) is 39.3. The van der Waals surface area contributed by atoms with Crippen LogP contribution in [0.4, 0.5) is 51.2 Å². The third-order valence-corrected chi connectivity index (χ3v) is 29.5. The molecular weight excluding hydrogens is 1740 g/mol. The summed E-state index contributed by atoms with van der Waals surface area (Å²) in [5.41, 5.74) is 25.9. The van der Waals surface area contributed by atoms with E-state index in [2.05, 4.69) is 464 Å². The van der Waals surface area contributed by atoms with Gasteiger partial charge in [0.15, 0.2) is 0 Å². The molecule has 0 radical (unpaired) electrons. The summed E-state index contributed by atoms with van der Waals surface area (Å²) in [5, 5.41) is 28.2. The Labute approximate surface area is 812 Å². The lowest BCUT2D eigenvalue weighted by atomic mass is 9.95. The molecule has 0 N–H and O–H groups in total. The van der Waals surface area contributed by atoms with Crippen LogP contribution in [0.25, 0.3) is 228 Å². The fourth-order valence-corrected chi connectivity index (χ4v) is 23.2. The van der Waals surface area contributed by atoms with E-state index in [1.807, 2.05) is 53.8 Å². The van der Waals surface area contributed by atoms with Crippen LogP contribution in [0.15, 0.2) is 513 Å². The highest BCUT2D eigenvalue weighted by Crippen LogP contribution is 2.54. The van der Waals surface area contributed by atoms with Crippen LogP contribution in [-0.2, 0) is 0 Å². The van der Waals surface area contributed by atoms with Crippen molar-refractivity contribution < 1.29 is 22.1 Å². The molecule has 141 heavy (non-hydrogen) atoms. The quantitative estimate of drug-likeness (QED) is 0.112. The maximum Gasteiger partial charge on any atom is 0.137 e. The standard InChI is InChI=1S/2C44H27NO2.C44H27NOS/c1-2-12-28(13-3-1)30-14-4-7-18-35(30)45(37-20-11-23-40-43(37)33-15-5-8-21-38(33)46-40)36-19-10-17-32-31(36)26-24-29-25-27-41-44(42(29)32)34-16-6-9-22-39(34)47-41;1-2-11-28(12-3-1)31-13-4-7-17-37(31)45(30-23-26-41-36(27-30)33-14-5-8-19-39(33)46-41)38-18-10-16-34-32(38)24-21-29-22-25-42-44(43(29)34)35-15-6-9-20-40(35)47-42;1-2-10-28(11-3-1)30-12-8-13-31(26-30)45(32-22-25-42-37(27-32)34-14-5-7-19-41(34)47-42)38-17-9-16-35-33(38)23-20-29-21-24-40-44(43(29)35)36-15-4-6-18-39(36)46-40/h3*1-27H. The van der Waals surface area contributed by atoms with Gasteiger partial charge in [-0.15, -0.1) is 11.3 Å². The molecule has 0 saturated heterocycles. The largest absolute Gasteiger partial charge is 0.456 e. The predicted molar refractivity (Wildman–Crippen MR) is 594 cm³/mol. The van der Waals surface area contributed by atoms with Crippen LogP contribution >= 0.6 is 11.3 Å². The van der Waals surface area contributed by atoms with Crippen LogP contribution in [0.5, 0.6) is 0 Å². The lowest BCUT2D eigenvalue weighted by Gasteiger charge is -2.29. The van der Waals surface area contributed by atoms with Gasteiger partial charge in [-0.25, -0.2) is 0 Å². The van der Waals surface area contributed by atoms with Gasteiger partial charge in [-0.3, -0.25) is 0 Å². The highest BCUT2D eigenvalue weighted by molar-refractivity contribution is 7.25. The average molecular weight is 1820 g/mol. The van der Waals surface area contributed by atoms with E-state index in [1.54, 1.807) is 0 Å². The van der Waals surface area contributed by atoms with Crippen molar-refractivity contribution in [1.29, 1.82) is 0 Å². The molecule has 6 aromatic heterocycles. The van der Waals surface area contributed by atoms with E-state index >= 15 is 0 Å². The SMILES string of the molecule is c1ccc(-c2cccc(N(c3ccc4sc5ccccc5c4c3)c3cccc4c3ccc3ccc5oc6ccccc6c5c34)c2)cc1.c1ccc(-c2ccccc2N(c2ccc3oc4ccccc4c3c2)c2cccc3c2ccc2ccc4oc5ccccc5c4c23)cc1.c1ccc(-c2ccccc2N(c2cccc3c2ccc2ccc4oc5ccccc5c4c23)c2cccc3oc4ccccc4c23)cc1. The number of fused-ring (bicyclic) bond motifs is 30. The van der Waals surface area contributed by atoms with Crippen LogP contribution in [-0.4, -0.2) is 0 Å². The van der Waals surface area contributed by atoms with Gasteiger partial charge in [0.1, 0.15) is 55.8 Å². The van der Waals surface area contributed by atoms with Gasteiger partial charge in [-0.2, -0.15) is 0 Å². The Hall–Kier alpha value is -18.5. The Morgan fingerprint density at radius 2 is 0.454 bits per heavy atom. The van der Waals surface area contributed by atoms with E-state index in [0.717, 1.165) is 183 Å². The van der Waals surface area contributed by atoms with Gasteiger partial charge in [0.05, 0.1) is 39.5 Å². The molecule has 0 saturated carbocycles. The molecule has 8 nitrogen and oxygen atoms in total. The van der Waals surface area contributed by atoms with E-state index < -0.39 is 0 Å². The Kier molecular flexibility index (Phi) is 19.0. The van der Waals surface area contributed by atoms with E-state index in [4.69, 9.17) is 22.1 Å². The Bertz CT molecular complexity index is 10300. The number of hydrogen-bond donors (Lipinski definition) is 0. The summed E-state index contributed by atoms with van der Waals surface area (Å²) in [5.74, 6) is 0. The zero-order chi connectivity index (χ0) is 92.7. The van der Waals surface area contributed by atoms with Crippen LogP contribution in [0.2, 0.25) is 0 Å². The van der Waals surface area contributed by atoms with Crippen LogP contribution < -0.4 is 14.7 Å². The highest BCUT2D eigenvalue weighted by atomic mass is 32.1. The summed E-state index contributed by atoms with van der Waals surface area (Å²) in [6.07, 6.45) is 0. The van der Waals surface area contributed by atoms with Crippen LogP contribution in [0, 0.1) is 0 Å². The first-order valence-corrected chi connectivity index (χ1v) is 48.6. The monoisotopic (exact) mass is 1820 g/mol. The van der Waals surface area contributed by atoms with E-state index in [1.165, 1.54) is 96.1 Å². The molecule has 0 aliphatic heterocycles. The van der Waals surface area contributed by atoms with Crippen molar-refractivity contribution >= 4 is 257 Å². The molecule has 0 amide bonds. The minimum absolute atomic E-state index is 0.864. The van der Waals surface area contributed by atoms with Crippen molar-refractivity contribution in [3.8, 4) is 33.4 Å². The molecule has 0 aliphatic rings. The maximum absolute atomic E-state index is 6.42. The second-order valence-corrected chi connectivity index (χ2v) is 37.3. The molecule has 24 aromatic carbocycles. The zero-order valence-electron chi connectivity index (χ0n) is 76.1. The molecule has 0 bridgehead atoms. The normalized spacial score (nSPS) is 11.8. The van der Waals surface area contributed by atoms with Crippen LogP contribution in [0.1, 0.15) is 0 Å². The molecule has 0 fully saturated rings. The fourth-order valence-electron chi connectivity index (χ4n) is 22.1. The second-order valence-electron chi connectivity index (χ2n) is 36.2. The summed E-state index contributed by atoms with van der Waals surface area (Å²) in [6.45, 7) is 0. The van der Waals surface area contributed by atoms with Crippen molar-refractivity contribution in [1.82, 2.24) is 0 Å². The molecule has 30 aromatic rings. The van der Waals surface area contributed by atoms with Gasteiger partial charge in [-0.05, 0) is 200 Å². The van der Waals surface area contributed by atoms with Gasteiger partial charge >= 0.3 is 0 Å². The Morgan fingerprint density at radius 1 is 0.142 bits per heavy atom. The van der Waals surface area contributed by atoms with E-state index in [0.29, 0.717) is 0 Å². The number of rotatable bonds is 12. The smallest absolute Gasteiger partial charge is 0.137 e. The highest BCUT2D eigenvalue weighted by Gasteiger charge is 2.29. The molecule has 30 rings (SSSR count). The van der Waals surface area contributed by atoms with Gasteiger partial charge in [0.25, 0.3) is 0 Å². The number of hydrogen-bond acceptors (Lipinski definition) is 9.